The first kappa shape index (κ1) is 9.85. The van der Waals surface area contributed by atoms with Crippen LogP contribution in [0.5, 0.6) is 0 Å². The smallest absolute Gasteiger partial charge is 0.264 e. The molecule has 2 N–H and O–H groups in total. The molecule has 0 bridgehead atoms. The maximum Gasteiger partial charge on any atom is 0.264 e. The number of aliphatic hydroxyl groups excluding tert-OH is 1. The molecule has 0 aliphatic heterocycles. The van der Waals surface area contributed by atoms with Crippen molar-refractivity contribution >= 4 is 0 Å². The highest BCUT2D eigenvalue weighted by atomic mass is 19.3. The average molecular weight is 189 g/mol. The van der Waals surface area contributed by atoms with E-state index in [2.05, 4.69) is 4.98 Å². The van der Waals surface area contributed by atoms with Crippen molar-refractivity contribution in [3.63, 3.8) is 0 Å². The van der Waals surface area contributed by atoms with Gasteiger partial charge in [0, 0.05) is 17.3 Å². The Morgan fingerprint density at radius 1 is 1.62 bits per heavy atom. The molecule has 1 heterocycles. The first-order valence-corrected chi connectivity index (χ1v) is 3.68. The Morgan fingerprint density at radius 2 is 2.23 bits per heavy atom. The molecule has 0 saturated heterocycles. The summed E-state index contributed by atoms with van der Waals surface area (Å²) in [6.45, 7) is 0.991. The molecule has 0 fully saturated rings. The van der Waals surface area contributed by atoms with Crippen LogP contribution in [-0.4, -0.2) is 10.1 Å². The van der Waals surface area contributed by atoms with Gasteiger partial charge in [0.2, 0.25) is 5.56 Å². The van der Waals surface area contributed by atoms with Crippen molar-refractivity contribution in [3.05, 3.63) is 33.2 Å². The largest absolute Gasteiger partial charge is 0.390 e. The van der Waals surface area contributed by atoms with Gasteiger partial charge in [-0.15, -0.1) is 0 Å². The van der Waals surface area contributed by atoms with Crippen LogP contribution in [0.25, 0.3) is 0 Å². The van der Waals surface area contributed by atoms with Gasteiger partial charge in [0.25, 0.3) is 6.43 Å². The highest BCUT2D eigenvalue weighted by molar-refractivity contribution is 5.29. The van der Waals surface area contributed by atoms with E-state index in [9.17, 15) is 13.6 Å². The van der Waals surface area contributed by atoms with Gasteiger partial charge in [0.05, 0.1) is 6.61 Å². The lowest BCUT2D eigenvalue weighted by molar-refractivity contribution is 0.150. The minimum absolute atomic E-state index is 0.141. The number of halogens is 2. The second-order valence-corrected chi connectivity index (χ2v) is 2.65. The zero-order valence-corrected chi connectivity index (χ0v) is 6.97. The lowest BCUT2D eigenvalue weighted by Gasteiger charge is -2.07. The number of aromatic amines is 1. The summed E-state index contributed by atoms with van der Waals surface area (Å²) in [7, 11) is 0. The van der Waals surface area contributed by atoms with Crippen LogP contribution in [0.4, 0.5) is 8.78 Å². The van der Waals surface area contributed by atoms with E-state index in [1.807, 2.05) is 0 Å². The second kappa shape index (κ2) is 3.66. The second-order valence-electron chi connectivity index (χ2n) is 2.65. The van der Waals surface area contributed by atoms with Crippen molar-refractivity contribution in [2.75, 3.05) is 0 Å². The Morgan fingerprint density at radius 3 is 2.69 bits per heavy atom. The van der Waals surface area contributed by atoms with Crippen molar-refractivity contribution in [3.8, 4) is 0 Å². The van der Waals surface area contributed by atoms with Crippen LogP contribution in [0.1, 0.15) is 23.2 Å². The molecule has 0 radical (unpaired) electrons. The highest BCUT2D eigenvalue weighted by Gasteiger charge is 2.13. The highest BCUT2D eigenvalue weighted by Crippen LogP contribution is 2.21. The molecule has 1 aromatic heterocycles. The minimum Gasteiger partial charge on any atom is -0.390 e. The SMILES string of the molecule is Cc1c(C(F)F)cc(=O)[nH]c1CO. The molecule has 0 unspecified atom stereocenters. The molecule has 0 aliphatic rings. The Hall–Kier alpha value is -1.23. The summed E-state index contributed by atoms with van der Waals surface area (Å²) in [5.41, 5.74) is -0.572. The molecule has 72 valence electrons. The van der Waals surface area contributed by atoms with E-state index in [1.165, 1.54) is 6.92 Å². The summed E-state index contributed by atoms with van der Waals surface area (Å²) in [5, 5.41) is 8.73. The van der Waals surface area contributed by atoms with Gasteiger partial charge in [0.1, 0.15) is 0 Å². The first-order valence-electron chi connectivity index (χ1n) is 3.68. The van der Waals surface area contributed by atoms with Gasteiger partial charge >= 0.3 is 0 Å². The van der Waals surface area contributed by atoms with Crippen molar-refractivity contribution in [1.82, 2.24) is 4.98 Å². The van der Waals surface area contributed by atoms with Gasteiger partial charge in [-0.2, -0.15) is 0 Å². The third-order valence-electron chi connectivity index (χ3n) is 1.84. The Balaban J connectivity index is 3.36. The lowest BCUT2D eigenvalue weighted by atomic mass is 10.1. The molecule has 5 heteroatoms. The molecule has 0 spiro atoms. The quantitative estimate of drug-likeness (QED) is 0.732. The Kier molecular flexibility index (Phi) is 2.77. The minimum atomic E-state index is -2.69. The summed E-state index contributed by atoms with van der Waals surface area (Å²) >= 11 is 0. The summed E-state index contributed by atoms with van der Waals surface area (Å²) < 4.78 is 24.6. The third kappa shape index (κ3) is 1.92. The van der Waals surface area contributed by atoms with Crippen LogP contribution in [0.15, 0.2) is 10.9 Å². The zero-order chi connectivity index (χ0) is 10.0. The van der Waals surface area contributed by atoms with Gasteiger partial charge in [-0.1, -0.05) is 0 Å². The van der Waals surface area contributed by atoms with Gasteiger partial charge in [-0.05, 0) is 12.5 Å². The normalized spacial score (nSPS) is 10.8. The predicted octanol–water partition coefficient (Wildman–Crippen LogP) is 1.11. The molecule has 0 atom stereocenters. The fourth-order valence-corrected chi connectivity index (χ4v) is 1.09. The van der Waals surface area contributed by atoms with E-state index in [0.717, 1.165) is 6.07 Å². The van der Waals surface area contributed by atoms with Crippen LogP contribution in [0, 0.1) is 6.92 Å². The van der Waals surface area contributed by atoms with Crippen LogP contribution in [-0.2, 0) is 6.61 Å². The zero-order valence-electron chi connectivity index (χ0n) is 6.97. The topological polar surface area (TPSA) is 53.1 Å². The first-order chi connectivity index (χ1) is 6.06. The van der Waals surface area contributed by atoms with Crippen LogP contribution < -0.4 is 5.56 Å². The average Bonchev–Trinajstić information content (AvgIpc) is 2.08. The van der Waals surface area contributed by atoms with E-state index in [4.69, 9.17) is 5.11 Å². The number of aromatic nitrogens is 1. The number of hydrogen-bond donors (Lipinski definition) is 2. The number of alkyl halides is 2. The van der Waals surface area contributed by atoms with Crippen LogP contribution in [0.3, 0.4) is 0 Å². The van der Waals surface area contributed by atoms with Crippen molar-refractivity contribution in [1.29, 1.82) is 0 Å². The van der Waals surface area contributed by atoms with Gasteiger partial charge in [0.15, 0.2) is 0 Å². The molecule has 0 amide bonds. The van der Waals surface area contributed by atoms with Crippen molar-refractivity contribution in [2.45, 2.75) is 20.0 Å². The molecule has 3 nitrogen and oxygen atoms in total. The van der Waals surface area contributed by atoms with Gasteiger partial charge < -0.3 is 10.1 Å². The molecule has 1 rings (SSSR count). The summed E-state index contributed by atoms with van der Waals surface area (Å²) in [4.78, 5) is 13.1. The Labute approximate surface area is 73.0 Å². The van der Waals surface area contributed by atoms with E-state index >= 15 is 0 Å². The summed E-state index contributed by atoms with van der Waals surface area (Å²) in [6, 6.07) is 0.846. The number of hydrogen-bond acceptors (Lipinski definition) is 2. The van der Waals surface area contributed by atoms with Crippen LogP contribution in [0.2, 0.25) is 0 Å². The van der Waals surface area contributed by atoms with Crippen molar-refractivity contribution < 1.29 is 13.9 Å². The Bertz CT molecular complexity index is 360. The third-order valence-corrected chi connectivity index (χ3v) is 1.84. The predicted molar refractivity (Wildman–Crippen MR) is 42.7 cm³/mol. The summed E-state index contributed by atoms with van der Waals surface area (Å²) in [5.74, 6) is 0. The molecule has 0 aliphatic carbocycles. The van der Waals surface area contributed by atoms with Crippen LogP contribution >= 0.6 is 0 Å². The maximum absolute atomic E-state index is 12.3. The molecule has 1 aromatic rings. The maximum atomic E-state index is 12.3. The monoisotopic (exact) mass is 189 g/mol. The molecule has 0 aromatic carbocycles. The summed E-state index contributed by atoms with van der Waals surface area (Å²) in [6.07, 6.45) is -2.69. The van der Waals surface area contributed by atoms with Gasteiger partial charge in [-0.3, -0.25) is 4.79 Å². The fraction of sp³-hybridized carbons (Fsp3) is 0.375. The van der Waals surface area contributed by atoms with E-state index in [-0.39, 0.29) is 16.8 Å². The fourth-order valence-electron chi connectivity index (χ4n) is 1.09. The van der Waals surface area contributed by atoms with Crippen molar-refractivity contribution in [2.24, 2.45) is 0 Å². The molecular weight excluding hydrogens is 180 g/mol. The number of H-pyrrole nitrogens is 1. The lowest BCUT2D eigenvalue weighted by Crippen LogP contribution is -2.12. The molecular formula is C8H9F2NO2. The number of pyridine rings is 1. The number of aliphatic hydroxyl groups is 1. The van der Waals surface area contributed by atoms with Gasteiger partial charge in [-0.25, -0.2) is 8.78 Å². The van der Waals surface area contributed by atoms with E-state index < -0.39 is 18.6 Å². The number of rotatable bonds is 2. The number of nitrogens with one attached hydrogen (secondary N) is 1. The van der Waals surface area contributed by atoms with E-state index in [1.54, 1.807) is 0 Å². The standard InChI is InChI=1S/C8H9F2NO2/c1-4-5(8(9)10)2-7(13)11-6(4)3-12/h2,8,12H,3H2,1H3,(H,11,13). The molecule has 0 saturated carbocycles. The van der Waals surface area contributed by atoms with E-state index in [0.29, 0.717) is 0 Å². The molecule has 13 heavy (non-hydrogen) atoms.